The van der Waals surface area contributed by atoms with Gasteiger partial charge in [0.15, 0.2) is 11.0 Å². The zero-order chi connectivity index (χ0) is 23.3. The quantitative estimate of drug-likeness (QED) is 0.355. The van der Waals surface area contributed by atoms with Crippen molar-refractivity contribution >= 4 is 16.9 Å². The van der Waals surface area contributed by atoms with Crippen LogP contribution in [0, 0.1) is 6.92 Å². The van der Waals surface area contributed by atoms with E-state index in [9.17, 15) is 4.79 Å². The Morgan fingerprint density at radius 1 is 0.971 bits per heavy atom. The predicted octanol–water partition coefficient (Wildman–Crippen LogP) is 4.66. The lowest BCUT2D eigenvalue weighted by atomic mass is 10.1. The van der Waals surface area contributed by atoms with Gasteiger partial charge in [-0.2, -0.15) is 4.57 Å². The minimum absolute atomic E-state index is 0.121. The molecule has 3 aromatic carbocycles. The van der Waals surface area contributed by atoms with Crippen LogP contribution in [0.2, 0.25) is 0 Å². The summed E-state index contributed by atoms with van der Waals surface area (Å²) in [6.45, 7) is 2.99. The van der Waals surface area contributed by atoms with Gasteiger partial charge in [-0.1, -0.05) is 36.4 Å². The number of hydrogen-bond acceptors (Lipinski definition) is 3. The molecule has 0 fully saturated rings. The molecule has 0 atom stereocenters. The number of aromatic amines is 1. The number of aromatic nitrogens is 3. The smallest absolute Gasteiger partial charge is 0.257 e. The minimum Gasteiger partial charge on any atom is -0.489 e. The van der Waals surface area contributed by atoms with Crippen molar-refractivity contribution in [3.05, 3.63) is 120 Å². The molecule has 0 aliphatic carbocycles. The summed E-state index contributed by atoms with van der Waals surface area (Å²) in [5, 5.41) is 2.95. The number of pyridine rings is 1. The number of benzene rings is 3. The van der Waals surface area contributed by atoms with Crippen LogP contribution in [0.4, 0.5) is 0 Å². The maximum absolute atomic E-state index is 12.7. The van der Waals surface area contributed by atoms with E-state index < -0.39 is 0 Å². The highest BCUT2D eigenvalue weighted by atomic mass is 16.5. The fourth-order valence-electron chi connectivity index (χ4n) is 3.96. The highest BCUT2D eigenvalue weighted by Crippen LogP contribution is 2.18. The van der Waals surface area contributed by atoms with Crippen LogP contribution < -0.4 is 14.6 Å². The molecule has 0 aliphatic heterocycles. The molecule has 5 aromatic rings. The third kappa shape index (κ3) is 4.66. The molecule has 5 rings (SSSR count). The van der Waals surface area contributed by atoms with Gasteiger partial charge in [0, 0.05) is 37.5 Å². The molecule has 0 unspecified atom stereocenters. The van der Waals surface area contributed by atoms with Crippen molar-refractivity contribution in [3.63, 3.8) is 0 Å². The fraction of sp³-hybridized carbons (Fsp3) is 0.107. The predicted molar refractivity (Wildman–Crippen MR) is 131 cm³/mol. The number of carbonyl (C=O) groups is 1. The summed E-state index contributed by atoms with van der Waals surface area (Å²) in [6, 6.07) is 27.6. The van der Waals surface area contributed by atoms with Crippen LogP contribution in [0.1, 0.15) is 27.3 Å². The minimum atomic E-state index is -0.121. The molecule has 6 nitrogen and oxygen atoms in total. The molecule has 0 spiro atoms. The molecule has 2 heterocycles. The highest BCUT2D eigenvalue weighted by Gasteiger charge is 2.19. The molecule has 2 aromatic heterocycles. The van der Waals surface area contributed by atoms with Gasteiger partial charge < -0.3 is 10.1 Å². The Hall–Kier alpha value is -4.45. The number of rotatable bonds is 7. The van der Waals surface area contributed by atoms with E-state index in [1.807, 2.05) is 91.9 Å². The Labute approximate surface area is 197 Å². The molecular weight excluding hydrogens is 424 g/mol. The Morgan fingerprint density at radius 3 is 2.53 bits per heavy atom. The summed E-state index contributed by atoms with van der Waals surface area (Å²) >= 11 is 0. The first-order chi connectivity index (χ1) is 16.7. The lowest BCUT2D eigenvalue weighted by molar-refractivity contribution is -0.574. The SMILES string of the molecule is Cc1[nH]c2cc(C(=O)NCc3cccnc3)ccc2[n+]1-c1ccc(OCc2ccccc2)cc1. The summed E-state index contributed by atoms with van der Waals surface area (Å²) in [6.07, 6.45) is 3.46. The van der Waals surface area contributed by atoms with E-state index in [4.69, 9.17) is 4.74 Å². The van der Waals surface area contributed by atoms with Crippen LogP contribution >= 0.6 is 0 Å². The van der Waals surface area contributed by atoms with E-state index in [0.717, 1.165) is 39.4 Å². The van der Waals surface area contributed by atoms with Crippen LogP contribution in [0.15, 0.2) is 97.3 Å². The molecule has 1 amide bonds. The van der Waals surface area contributed by atoms with Crippen LogP contribution in [-0.4, -0.2) is 15.9 Å². The molecule has 0 bridgehead atoms. The third-order valence-electron chi connectivity index (χ3n) is 5.67. The molecule has 168 valence electrons. The van der Waals surface area contributed by atoms with Gasteiger partial charge in [-0.3, -0.25) is 9.78 Å². The number of H-pyrrole nitrogens is 1. The Bertz CT molecular complexity index is 1410. The van der Waals surface area contributed by atoms with E-state index in [1.54, 1.807) is 12.4 Å². The third-order valence-corrected chi connectivity index (χ3v) is 5.67. The van der Waals surface area contributed by atoms with E-state index in [0.29, 0.717) is 18.7 Å². The van der Waals surface area contributed by atoms with Crippen molar-refractivity contribution in [3.8, 4) is 11.4 Å². The fourth-order valence-corrected chi connectivity index (χ4v) is 3.96. The Morgan fingerprint density at radius 2 is 1.76 bits per heavy atom. The van der Waals surface area contributed by atoms with Crippen molar-refractivity contribution in [1.82, 2.24) is 15.3 Å². The molecule has 0 saturated heterocycles. The number of amides is 1. The van der Waals surface area contributed by atoms with Crippen molar-refractivity contribution in [1.29, 1.82) is 0 Å². The first-order valence-corrected chi connectivity index (χ1v) is 11.2. The second-order valence-corrected chi connectivity index (χ2v) is 8.09. The number of ether oxygens (including phenoxy) is 1. The van der Waals surface area contributed by atoms with Gasteiger partial charge in [-0.25, -0.2) is 4.98 Å². The van der Waals surface area contributed by atoms with Crippen molar-refractivity contribution in [2.45, 2.75) is 20.1 Å². The van der Waals surface area contributed by atoms with Gasteiger partial charge in [0.2, 0.25) is 0 Å². The van der Waals surface area contributed by atoms with Gasteiger partial charge >= 0.3 is 0 Å². The molecule has 2 N–H and O–H groups in total. The Balaban J connectivity index is 1.32. The molecule has 0 saturated carbocycles. The molecule has 0 aliphatic rings. The maximum atomic E-state index is 12.7. The molecule has 0 radical (unpaired) electrons. The number of aryl methyl sites for hydroxylation is 1. The largest absolute Gasteiger partial charge is 0.489 e. The number of imidazole rings is 1. The second-order valence-electron chi connectivity index (χ2n) is 8.09. The van der Waals surface area contributed by atoms with Crippen molar-refractivity contribution in [2.75, 3.05) is 0 Å². The summed E-state index contributed by atoms with van der Waals surface area (Å²) in [7, 11) is 0. The topological polar surface area (TPSA) is 70.9 Å². The van der Waals surface area contributed by atoms with Gasteiger partial charge in [0.05, 0.1) is 0 Å². The number of hydrogen-bond donors (Lipinski definition) is 2. The van der Waals surface area contributed by atoms with E-state index in [2.05, 4.69) is 19.9 Å². The maximum Gasteiger partial charge on any atom is 0.257 e. The lowest BCUT2D eigenvalue weighted by Crippen LogP contribution is -2.32. The van der Waals surface area contributed by atoms with Crippen LogP contribution in [0.3, 0.4) is 0 Å². The number of carbonyl (C=O) groups excluding carboxylic acids is 1. The van der Waals surface area contributed by atoms with Gasteiger partial charge in [-0.15, -0.1) is 0 Å². The normalized spacial score (nSPS) is 10.9. The van der Waals surface area contributed by atoms with Gasteiger partial charge in [-0.05, 0) is 53.6 Å². The number of nitrogens with zero attached hydrogens (tertiary/aromatic N) is 2. The first-order valence-electron chi connectivity index (χ1n) is 11.2. The average Bonchev–Trinajstić information content (AvgIpc) is 3.22. The van der Waals surface area contributed by atoms with Crippen LogP contribution in [0.25, 0.3) is 16.7 Å². The Kier molecular flexibility index (Phi) is 6.03. The number of nitrogens with one attached hydrogen (secondary N) is 2. The average molecular weight is 450 g/mol. The van der Waals surface area contributed by atoms with Crippen molar-refractivity contribution < 1.29 is 14.1 Å². The highest BCUT2D eigenvalue weighted by molar-refractivity contribution is 5.97. The van der Waals surface area contributed by atoms with E-state index >= 15 is 0 Å². The standard InChI is InChI=1S/C28H24N4O2/c1-20-31-26-16-23(28(33)30-18-22-8-5-15-29-17-22)9-14-27(26)32(20)24-10-12-25(13-11-24)34-19-21-6-3-2-4-7-21/h2-17H,18-19H2,1H3,(H,30,33)/p+1. The van der Waals surface area contributed by atoms with Gasteiger partial charge in [0.1, 0.15) is 18.0 Å². The zero-order valence-corrected chi connectivity index (χ0v) is 18.9. The molecule has 34 heavy (non-hydrogen) atoms. The summed E-state index contributed by atoms with van der Waals surface area (Å²) in [4.78, 5) is 20.1. The summed E-state index contributed by atoms with van der Waals surface area (Å²) in [5.74, 6) is 1.67. The van der Waals surface area contributed by atoms with Crippen molar-refractivity contribution in [2.24, 2.45) is 0 Å². The molecule has 6 heteroatoms. The van der Waals surface area contributed by atoms with Gasteiger partial charge in [0.25, 0.3) is 11.7 Å². The lowest BCUT2D eigenvalue weighted by Gasteiger charge is -2.07. The van der Waals surface area contributed by atoms with Crippen LogP contribution in [-0.2, 0) is 13.2 Å². The second kappa shape index (κ2) is 9.58. The van der Waals surface area contributed by atoms with Crippen LogP contribution in [0.5, 0.6) is 5.75 Å². The van der Waals surface area contributed by atoms with E-state index in [-0.39, 0.29) is 5.91 Å². The number of fused-ring (bicyclic) bond motifs is 1. The van der Waals surface area contributed by atoms with E-state index in [1.165, 1.54) is 0 Å². The first kappa shape index (κ1) is 21.4. The summed E-state index contributed by atoms with van der Waals surface area (Å²) in [5.41, 5.74) is 5.62. The molecular formula is C28H25N4O2+. The monoisotopic (exact) mass is 449 g/mol. The zero-order valence-electron chi connectivity index (χ0n) is 18.9. The summed E-state index contributed by atoms with van der Waals surface area (Å²) < 4.78 is 8.05.